The topological polar surface area (TPSA) is 106 Å². The molecular formula is C15H24N4O5S. The van der Waals surface area contributed by atoms with Gasteiger partial charge in [-0.05, 0) is 12.8 Å². The molecule has 0 spiro atoms. The fourth-order valence-corrected chi connectivity index (χ4v) is 3.40. The van der Waals surface area contributed by atoms with Crippen molar-refractivity contribution in [2.75, 3.05) is 46.2 Å². The van der Waals surface area contributed by atoms with E-state index in [2.05, 4.69) is 10.1 Å². The number of hydrogen-bond acceptors (Lipinski definition) is 7. The molecule has 25 heavy (non-hydrogen) atoms. The van der Waals surface area contributed by atoms with E-state index in [4.69, 9.17) is 9.26 Å². The Balaban J connectivity index is 1.47. The summed E-state index contributed by atoms with van der Waals surface area (Å²) in [5, 5.41) is 3.91. The molecule has 3 rings (SSSR count). The Hall–Kier alpha value is -1.52. The van der Waals surface area contributed by atoms with Crippen LogP contribution in [0, 0.1) is 5.92 Å². The van der Waals surface area contributed by atoms with Crippen molar-refractivity contribution < 1.29 is 22.5 Å². The van der Waals surface area contributed by atoms with Crippen molar-refractivity contribution in [2.24, 2.45) is 5.92 Å². The lowest BCUT2D eigenvalue weighted by molar-refractivity contribution is -0.143. The van der Waals surface area contributed by atoms with Crippen LogP contribution in [0.3, 0.4) is 0 Å². The third-order valence-electron chi connectivity index (χ3n) is 4.81. The van der Waals surface area contributed by atoms with Crippen molar-refractivity contribution in [3.63, 3.8) is 0 Å². The Bertz CT molecular complexity index is 707. The number of rotatable bonds is 6. The lowest BCUT2D eigenvalue weighted by Crippen LogP contribution is -2.51. The van der Waals surface area contributed by atoms with E-state index < -0.39 is 10.0 Å². The van der Waals surface area contributed by atoms with E-state index >= 15 is 0 Å². The molecule has 0 bridgehead atoms. The zero-order chi connectivity index (χ0) is 18.0. The van der Waals surface area contributed by atoms with Crippen molar-refractivity contribution in [3.8, 4) is 0 Å². The number of sulfonamides is 1. The maximum Gasteiger partial charge on any atom is 0.233 e. The molecule has 0 aliphatic carbocycles. The molecule has 0 aromatic carbocycles. The molecule has 0 saturated carbocycles. The third kappa shape index (κ3) is 4.36. The van der Waals surface area contributed by atoms with Crippen LogP contribution in [0.15, 0.2) is 4.52 Å². The number of likely N-dealkylation sites (tertiary alicyclic amines) is 1. The summed E-state index contributed by atoms with van der Waals surface area (Å²) in [6.07, 6.45) is 3.13. The molecule has 3 heterocycles. The second-order valence-corrected chi connectivity index (χ2v) is 8.80. The zero-order valence-electron chi connectivity index (χ0n) is 14.5. The fraction of sp³-hybridized carbons (Fsp3) is 0.800. The summed E-state index contributed by atoms with van der Waals surface area (Å²) in [6, 6.07) is 0. The molecular weight excluding hydrogens is 348 g/mol. The van der Waals surface area contributed by atoms with Crippen LogP contribution in [0.5, 0.6) is 0 Å². The largest absolute Gasteiger partial charge is 0.381 e. The van der Waals surface area contributed by atoms with E-state index in [0.29, 0.717) is 51.0 Å². The molecule has 10 heteroatoms. The Kier molecular flexibility index (Phi) is 5.40. The van der Waals surface area contributed by atoms with Gasteiger partial charge in [0.1, 0.15) is 0 Å². The van der Waals surface area contributed by atoms with Gasteiger partial charge in [0, 0.05) is 52.2 Å². The summed E-state index contributed by atoms with van der Waals surface area (Å²) in [7, 11) is -1.69. The number of likely N-dealkylation sites (N-methyl/N-ethyl adjacent to an activating group) is 1. The predicted molar refractivity (Wildman–Crippen MR) is 88.3 cm³/mol. The van der Waals surface area contributed by atoms with E-state index in [-0.39, 0.29) is 17.7 Å². The van der Waals surface area contributed by atoms with Crippen molar-refractivity contribution in [1.29, 1.82) is 0 Å². The summed E-state index contributed by atoms with van der Waals surface area (Å²) in [5.74, 6) is 1.33. The molecule has 2 saturated heterocycles. The minimum absolute atomic E-state index is 0.0673. The van der Waals surface area contributed by atoms with E-state index in [1.807, 2.05) is 4.90 Å². The number of nitrogens with zero attached hydrogens (tertiary/aromatic N) is 4. The highest BCUT2D eigenvalue weighted by Crippen LogP contribution is 2.29. The molecule has 1 aromatic heterocycles. The van der Waals surface area contributed by atoms with E-state index in [9.17, 15) is 13.2 Å². The van der Waals surface area contributed by atoms with Gasteiger partial charge >= 0.3 is 0 Å². The van der Waals surface area contributed by atoms with Crippen LogP contribution in [0.2, 0.25) is 0 Å². The van der Waals surface area contributed by atoms with Crippen molar-refractivity contribution in [3.05, 3.63) is 11.7 Å². The van der Waals surface area contributed by atoms with Gasteiger partial charge in [-0.1, -0.05) is 5.16 Å². The molecule has 0 unspecified atom stereocenters. The smallest absolute Gasteiger partial charge is 0.233 e. The first-order valence-corrected chi connectivity index (χ1v) is 10.3. The van der Waals surface area contributed by atoms with Gasteiger partial charge < -0.3 is 14.2 Å². The first-order valence-electron chi connectivity index (χ1n) is 8.45. The first-order chi connectivity index (χ1) is 11.8. The summed E-state index contributed by atoms with van der Waals surface area (Å²) in [5.41, 5.74) is 0. The number of ether oxygens (including phenoxy) is 1. The van der Waals surface area contributed by atoms with Crippen LogP contribution in [-0.4, -0.2) is 79.8 Å². The van der Waals surface area contributed by atoms with Gasteiger partial charge in [-0.15, -0.1) is 0 Å². The Morgan fingerprint density at radius 1 is 1.32 bits per heavy atom. The SMILES string of the molecule is CN(CCc1noc(C2CN(C(=O)C3CCOCC3)C2)n1)S(C)(=O)=O. The van der Waals surface area contributed by atoms with E-state index in [0.717, 1.165) is 19.1 Å². The first kappa shape index (κ1) is 18.3. The van der Waals surface area contributed by atoms with Gasteiger partial charge in [-0.25, -0.2) is 12.7 Å². The minimum atomic E-state index is -3.21. The van der Waals surface area contributed by atoms with Gasteiger partial charge in [0.2, 0.25) is 21.8 Å². The van der Waals surface area contributed by atoms with Crippen molar-refractivity contribution in [1.82, 2.24) is 19.3 Å². The average molecular weight is 372 g/mol. The number of carbonyl (C=O) groups is 1. The highest BCUT2D eigenvalue weighted by atomic mass is 32.2. The van der Waals surface area contributed by atoms with Crippen LogP contribution in [0.25, 0.3) is 0 Å². The number of amides is 1. The molecule has 0 N–H and O–H groups in total. The molecule has 9 nitrogen and oxygen atoms in total. The van der Waals surface area contributed by atoms with Gasteiger partial charge in [-0.2, -0.15) is 4.98 Å². The molecule has 2 fully saturated rings. The lowest BCUT2D eigenvalue weighted by Gasteiger charge is -2.39. The zero-order valence-corrected chi connectivity index (χ0v) is 15.4. The molecule has 0 radical (unpaired) electrons. The van der Waals surface area contributed by atoms with Crippen LogP contribution < -0.4 is 0 Å². The molecule has 1 amide bonds. The summed E-state index contributed by atoms with van der Waals surface area (Å²) in [6.45, 7) is 2.81. The van der Waals surface area contributed by atoms with Crippen LogP contribution in [-0.2, 0) is 26.0 Å². The Labute approximate surface area is 147 Å². The highest BCUT2D eigenvalue weighted by molar-refractivity contribution is 7.88. The van der Waals surface area contributed by atoms with Gasteiger partial charge in [-0.3, -0.25) is 4.79 Å². The quantitative estimate of drug-likeness (QED) is 0.684. The van der Waals surface area contributed by atoms with E-state index in [1.165, 1.54) is 11.4 Å². The minimum Gasteiger partial charge on any atom is -0.381 e. The summed E-state index contributed by atoms with van der Waals surface area (Å²) in [4.78, 5) is 18.5. The summed E-state index contributed by atoms with van der Waals surface area (Å²) < 4.78 is 34.6. The predicted octanol–water partition coefficient (Wildman–Crippen LogP) is -0.144. The van der Waals surface area contributed by atoms with Crippen molar-refractivity contribution >= 4 is 15.9 Å². The maximum absolute atomic E-state index is 12.4. The average Bonchev–Trinajstić information content (AvgIpc) is 2.99. The molecule has 2 aliphatic rings. The molecule has 0 atom stereocenters. The van der Waals surface area contributed by atoms with Gasteiger partial charge in [0.25, 0.3) is 0 Å². The molecule has 140 valence electrons. The van der Waals surface area contributed by atoms with E-state index in [1.54, 1.807) is 0 Å². The number of aromatic nitrogens is 2. The monoisotopic (exact) mass is 372 g/mol. The number of carbonyl (C=O) groups excluding carboxylic acids is 1. The van der Waals surface area contributed by atoms with Crippen LogP contribution in [0.1, 0.15) is 30.5 Å². The normalized spacial score (nSPS) is 20.0. The standard InChI is InChI=1S/C15H24N4O5S/c1-18(25(2,21)22)6-3-13-16-14(24-17-13)12-9-19(10-12)15(20)11-4-7-23-8-5-11/h11-12H,3-10H2,1-2H3. The lowest BCUT2D eigenvalue weighted by atomic mass is 9.93. The van der Waals surface area contributed by atoms with Crippen molar-refractivity contribution in [2.45, 2.75) is 25.2 Å². The second-order valence-electron chi connectivity index (χ2n) is 6.71. The maximum atomic E-state index is 12.4. The fourth-order valence-electron chi connectivity index (χ4n) is 2.98. The Morgan fingerprint density at radius 3 is 2.64 bits per heavy atom. The molecule has 2 aliphatic heterocycles. The van der Waals surface area contributed by atoms with Crippen LogP contribution in [0.4, 0.5) is 0 Å². The number of hydrogen-bond donors (Lipinski definition) is 0. The summed E-state index contributed by atoms with van der Waals surface area (Å²) >= 11 is 0. The second kappa shape index (κ2) is 7.38. The van der Waals surface area contributed by atoms with Gasteiger partial charge in [0.05, 0.1) is 12.2 Å². The highest BCUT2D eigenvalue weighted by Gasteiger charge is 2.38. The van der Waals surface area contributed by atoms with Crippen LogP contribution >= 0.6 is 0 Å². The third-order valence-corrected chi connectivity index (χ3v) is 6.13. The molecule has 1 aromatic rings. The Morgan fingerprint density at radius 2 is 2.00 bits per heavy atom. The van der Waals surface area contributed by atoms with Gasteiger partial charge in [0.15, 0.2) is 5.82 Å².